The summed E-state index contributed by atoms with van der Waals surface area (Å²) in [5.41, 5.74) is 0. The van der Waals surface area contributed by atoms with Crippen molar-refractivity contribution in [2.75, 3.05) is 27.3 Å². The lowest BCUT2D eigenvalue weighted by Gasteiger charge is -2.43. The van der Waals surface area contributed by atoms with E-state index in [9.17, 15) is 0 Å². The number of hydrogen-bond donors (Lipinski definition) is 0. The summed E-state index contributed by atoms with van der Waals surface area (Å²) in [5.74, 6) is 0.563. The van der Waals surface area contributed by atoms with E-state index in [1.165, 1.54) is 0 Å². The molecule has 0 aromatic rings. The molecule has 0 bridgehead atoms. The van der Waals surface area contributed by atoms with Crippen molar-refractivity contribution in [3.8, 4) is 0 Å². The van der Waals surface area contributed by atoms with Gasteiger partial charge in [-0.15, -0.1) is 0 Å². The molecular formula is C10H21IN2O. The molecule has 1 saturated heterocycles. The summed E-state index contributed by atoms with van der Waals surface area (Å²) >= 11 is 2.34. The molecule has 1 fully saturated rings. The molecule has 14 heavy (non-hydrogen) atoms. The summed E-state index contributed by atoms with van der Waals surface area (Å²) in [6.07, 6.45) is 0.248. The van der Waals surface area contributed by atoms with Gasteiger partial charge in [-0.25, -0.2) is 0 Å². The van der Waals surface area contributed by atoms with Crippen molar-refractivity contribution in [2.45, 2.75) is 30.6 Å². The van der Waals surface area contributed by atoms with Crippen LogP contribution in [0.3, 0.4) is 0 Å². The Morgan fingerprint density at radius 2 is 1.93 bits per heavy atom. The maximum Gasteiger partial charge on any atom is 0.116 e. The first-order valence-corrected chi connectivity index (χ1v) is 6.13. The molecule has 0 saturated carbocycles. The van der Waals surface area contributed by atoms with Crippen LogP contribution in [0.4, 0.5) is 0 Å². The number of alkyl halides is 1. The topological polar surface area (TPSA) is 15.7 Å². The fourth-order valence-corrected chi connectivity index (χ4v) is 2.29. The number of hydrogen-bond acceptors (Lipinski definition) is 3. The van der Waals surface area contributed by atoms with E-state index < -0.39 is 0 Å². The summed E-state index contributed by atoms with van der Waals surface area (Å²) in [7, 11) is 4.28. The Morgan fingerprint density at radius 3 is 2.36 bits per heavy atom. The van der Waals surface area contributed by atoms with Gasteiger partial charge >= 0.3 is 0 Å². The Labute approximate surface area is 101 Å². The van der Waals surface area contributed by atoms with E-state index in [4.69, 9.17) is 4.74 Å². The van der Waals surface area contributed by atoms with Crippen LogP contribution < -0.4 is 0 Å². The molecule has 1 aliphatic rings. The van der Waals surface area contributed by atoms with Crippen molar-refractivity contribution >= 4 is 22.6 Å². The zero-order valence-electron chi connectivity index (χ0n) is 9.75. The summed E-state index contributed by atoms with van der Waals surface area (Å²) in [6, 6.07) is 0. The highest BCUT2D eigenvalue weighted by Crippen LogP contribution is 2.27. The quantitative estimate of drug-likeness (QED) is 0.573. The first kappa shape index (κ1) is 12.7. The second-order valence-corrected chi connectivity index (χ2v) is 7.38. The van der Waals surface area contributed by atoms with E-state index in [0.29, 0.717) is 5.92 Å². The van der Waals surface area contributed by atoms with E-state index in [-0.39, 0.29) is 9.84 Å². The summed E-state index contributed by atoms with van der Waals surface area (Å²) in [6.45, 7) is 8.56. The van der Waals surface area contributed by atoms with E-state index in [1.807, 2.05) is 0 Å². The summed E-state index contributed by atoms with van der Waals surface area (Å²) in [5, 5.41) is 0. The van der Waals surface area contributed by atoms with Crippen LogP contribution in [0.25, 0.3) is 0 Å². The van der Waals surface area contributed by atoms with Crippen LogP contribution in [0, 0.1) is 5.92 Å². The third kappa shape index (κ3) is 3.64. The number of rotatable bonds is 2. The molecule has 84 valence electrons. The zero-order chi connectivity index (χ0) is 10.9. The van der Waals surface area contributed by atoms with Crippen molar-refractivity contribution in [3.05, 3.63) is 0 Å². The van der Waals surface area contributed by atoms with E-state index in [0.717, 1.165) is 13.2 Å². The molecule has 0 amide bonds. The molecule has 0 N–H and O–H groups in total. The highest BCUT2D eigenvalue weighted by Gasteiger charge is 2.32. The highest BCUT2D eigenvalue weighted by molar-refractivity contribution is 14.1. The number of nitrogens with zero attached hydrogens (tertiary/aromatic N) is 2. The molecule has 4 heteroatoms. The van der Waals surface area contributed by atoms with Gasteiger partial charge in [0, 0.05) is 12.5 Å². The molecule has 2 unspecified atom stereocenters. The fourth-order valence-electron chi connectivity index (χ4n) is 2.03. The Balaban J connectivity index is 2.58. The molecule has 2 atom stereocenters. The minimum Gasteiger partial charge on any atom is -0.347 e. The smallest absolute Gasteiger partial charge is 0.116 e. The van der Waals surface area contributed by atoms with E-state index in [1.54, 1.807) is 0 Å². The van der Waals surface area contributed by atoms with Crippen molar-refractivity contribution in [2.24, 2.45) is 5.92 Å². The van der Waals surface area contributed by atoms with Gasteiger partial charge in [0.2, 0.25) is 0 Å². The second kappa shape index (κ2) is 4.63. The van der Waals surface area contributed by atoms with Crippen molar-refractivity contribution in [1.82, 2.24) is 9.80 Å². The van der Waals surface area contributed by atoms with Gasteiger partial charge in [0.15, 0.2) is 0 Å². The lowest BCUT2D eigenvalue weighted by Crippen LogP contribution is -2.54. The molecule has 0 aromatic heterocycles. The Hall–Kier alpha value is 0.610. The molecular weight excluding hydrogens is 291 g/mol. The minimum atomic E-state index is -0.0825. The van der Waals surface area contributed by atoms with E-state index >= 15 is 0 Å². The van der Waals surface area contributed by atoms with Crippen molar-refractivity contribution in [1.29, 1.82) is 0 Å². The number of halogens is 1. The predicted octanol–water partition coefficient (Wildman–Crippen LogP) is 1.97. The minimum absolute atomic E-state index is 0.0825. The molecule has 1 aliphatic heterocycles. The lowest BCUT2D eigenvalue weighted by atomic mass is 10.1. The van der Waals surface area contributed by atoms with Crippen molar-refractivity contribution < 1.29 is 4.74 Å². The normalized spacial score (nSPS) is 32.1. The highest BCUT2D eigenvalue weighted by atomic mass is 127. The first-order valence-electron chi connectivity index (χ1n) is 5.05. The lowest BCUT2D eigenvalue weighted by molar-refractivity contribution is -0.151. The predicted molar refractivity (Wildman–Crippen MR) is 67.4 cm³/mol. The van der Waals surface area contributed by atoms with Gasteiger partial charge in [-0.1, -0.05) is 6.92 Å². The molecule has 0 radical (unpaired) electrons. The van der Waals surface area contributed by atoms with Gasteiger partial charge in [0.05, 0.1) is 6.67 Å². The maximum absolute atomic E-state index is 6.04. The Kier molecular flexibility index (Phi) is 4.20. The van der Waals surface area contributed by atoms with Gasteiger partial charge in [-0.3, -0.25) is 9.80 Å². The van der Waals surface area contributed by atoms with Gasteiger partial charge in [0.1, 0.15) is 9.84 Å². The maximum atomic E-state index is 6.04. The van der Waals surface area contributed by atoms with Crippen LogP contribution in [-0.4, -0.2) is 46.9 Å². The van der Waals surface area contributed by atoms with E-state index in [2.05, 4.69) is 67.3 Å². The summed E-state index contributed by atoms with van der Waals surface area (Å²) < 4.78 is 5.95. The van der Waals surface area contributed by atoms with Crippen LogP contribution in [0.2, 0.25) is 0 Å². The monoisotopic (exact) mass is 312 g/mol. The second-order valence-electron chi connectivity index (χ2n) is 4.79. The fraction of sp³-hybridized carbons (Fsp3) is 1.00. The Morgan fingerprint density at radius 1 is 1.36 bits per heavy atom. The molecule has 0 aromatic carbocycles. The molecule has 0 spiro atoms. The number of ether oxygens (including phenoxy) is 1. The van der Waals surface area contributed by atoms with Gasteiger partial charge in [-0.05, 0) is 50.5 Å². The zero-order valence-corrected chi connectivity index (χ0v) is 11.9. The third-order valence-corrected chi connectivity index (χ3v) is 2.64. The molecule has 1 rings (SSSR count). The van der Waals surface area contributed by atoms with Gasteiger partial charge in [0.25, 0.3) is 0 Å². The van der Waals surface area contributed by atoms with Crippen LogP contribution in [-0.2, 0) is 4.74 Å². The average Bonchev–Trinajstić information content (AvgIpc) is 1.95. The van der Waals surface area contributed by atoms with Crippen LogP contribution in [0.1, 0.15) is 20.8 Å². The molecule has 3 nitrogen and oxygen atoms in total. The summed E-state index contributed by atoms with van der Waals surface area (Å²) in [4.78, 5) is 4.60. The largest absolute Gasteiger partial charge is 0.347 e. The SMILES string of the molecule is CC1CN(C)CN(C)C1OC(C)(C)I. The molecule has 0 aliphatic carbocycles. The van der Waals surface area contributed by atoms with Crippen LogP contribution in [0.15, 0.2) is 0 Å². The Bertz CT molecular complexity index is 181. The first-order chi connectivity index (χ1) is 6.29. The average molecular weight is 312 g/mol. The van der Waals surface area contributed by atoms with Crippen molar-refractivity contribution in [3.63, 3.8) is 0 Å². The van der Waals surface area contributed by atoms with Crippen LogP contribution >= 0.6 is 22.6 Å². The van der Waals surface area contributed by atoms with Gasteiger partial charge < -0.3 is 4.74 Å². The van der Waals surface area contributed by atoms with Gasteiger partial charge in [-0.2, -0.15) is 0 Å². The standard InChI is InChI=1S/C10H21IN2O/c1-8-6-12(4)7-13(5)9(8)14-10(2,3)11/h8-9H,6-7H2,1-5H3. The molecule has 1 heterocycles. The third-order valence-electron chi connectivity index (χ3n) is 2.39. The van der Waals surface area contributed by atoms with Crippen LogP contribution in [0.5, 0.6) is 0 Å².